The molecule has 2 heteroatoms. The van der Waals surface area contributed by atoms with Crippen molar-refractivity contribution >= 4 is 32.7 Å². The van der Waals surface area contributed by atoms with Crippen LogP contribution in [0.25, 0.3) is 66.1 Å². The number of fused-ring (bicyclic) bond motifs is 7. The van der Waals surface area contributed by atoms with Gasteiger partial charge in [-0.25, -0.2) is 0 Å². The van der Waals surface area contributed by atoms with E-state index in [0.717, 1.165) is 50.1 Å². The van der Waals surface area contributed by atoms with Gasteiger partial charge in [0.15, 0.2) is 11.3 Å². The van der Waals surface area contributed by atoms with Gasteiger partial charge in [-0.05, 0) is 68.4 Å². The van der Waals surface area contributed by atoms with Gasteiger partial charge in [0.2, 0.25) is 0 Å². The number of furan rings is 1. The lowest BCUT2D eigenvalue weighted by molar-refractivity contribution is 0.415. The van der Waals surface area contributed by atoms with Crippen molar-refractivity contribution in [2.24, 2.45) is 0 Å². The molecule has 0 fully saturated rings. The molecule has 1 aliphatic rings. The summed E-state index contributed by atoms with van der Waals surface area (Å²) in [5, 5.41) is 4.63. The van der Waals surface area contributed by atoms with Gasteiger partial charge >= 0.3 is 0 Å². The SMILES string of the molecule is CC1(C)c2ccc(-c3cccc4ccccc34)cc2Oc2c1ccc1c2oc2ccc(-c3ccc(-c4ccccc4)cc3)cc21. The van der Waals surface area contributed by atoms with Crippen molar-refractivity contribution in [3.05, 3.63) is 157 Å². The number of hydrogen-bond donors (Lipinski definition) is 0. The van der Waals surface area contributed by atoms with Crippen LogP contribution >= 0.6 is 0 Å². The van der Waals surface area contributed by atoms with Crippen molar-refractivity contribution in [2.75, 3.05) is 0 Å². The molecule has 0 atom stereocenters. The normalized spacial score (nSPS) is 13.5. The molecular weight excluding hydrogens is 548 g/mol. The Hall–Kier alpha value is -5.60. The van der Waals surface area contributed by atoms with Gasteiger partial charge in [-0.15, -0.1) is 0 Å². The predicted octanol–water partition coefficient (Wildman–Crippen LogP) is 12.2. The van der Waals surface area contributed by atoms with Gasteiger partial charge in [0, 0.05) is 27.3 Å². The molecule has 9 rings (SSSR count). The van der Waals surface area contributed by atoms with Crippen LogP contribution in [0.1, 0.15) is 25.0 Å². The first-order valence-corrected chi connectivity index (χ1v) is 15.5. The Balaban J connectivity index is 1.14. The third-order valence-electron chi connectivity index (χ3n) is 9.56. The summed E-state index contributed by atoms with van der Waals surface area (Å²) < 4.78 is 13.4. The molecule has 0 bridgehead atoms. The summed E-state index contributed by atoms with van der Waals surface area (Å²) in [4.78, 5) is 0. The molecule has 0 spiro atoms. The van der Waals surface area contributed by atoms with Gasteiger partial charge in [-0.3, -0.25) is 0 Å². The van der Waals surface area contributed by atoms with Crippen molar-refractivity contribution in [3.63, 3.8) is 0 Å². The molecule has 0 N–H and O–H groups in total. The van der Waals surface area contributed by atoms with Crippen LogP contribution in [0.3, 0.4) is 0 Å². The summed E-state index contributed by atoms with van der Waals surface area (Å²) >= 11 is 0. The highest BCUT2D eigenvalue weighted by Crippen LogP contribution is 2.52. The quantitative estimate of drug-likeness (QED) is 0.208. The lowest BCUT2D eigenvalue weighted by atomic mass is 9.75. The fourth-order valence-electron chi connectivity index (χ4n) is 7.10. The first-order valence-electron chi connectivity index (χ1n) is 15.5. The lowest BCUT2D eigenvalue weighted by Gasteiger charge is -2.34. The Bertz CT molecular complexity index is 2410. The summed E-state index contributed by atoms with van der Waals surface area (Å²) in [5.41, 5.74) is 10.8. The smallest absolute Gasteiger partial charge is 0.178 e. The zero-order valence-electron chi connectivity index (χ0n) is 25.2. The van der Waals surface area contributed by atoms with Gasteiger partial charge in [0.1, 0.15) is 11.3 Å². The first kappa shape index (κ1) is 25.9. The van der Waals surface area contributed by atoms with Crippen molar-refractivity contribution in [2.45, 2.75) is 19.3 Å². The molecule has 0 unspecified atom stereocenters. The van der Waals surface area contributed by atoms with Crippen LogP contribution < -0.4 is 4.74 Å². The van der Waals surface area contributed by atoms with Crippen molar-refractivity contribution < 1.29 is 9.15 Å². The first-order chi connectivity index (χ1) is 22.0. The van der Waals surface area contributed by atoms with Gasteiger partial charge in [0.25, 0.3) is 0 Å². The molecule has 1 aromatic heterocycles. The van der Waals surface area contributed by atoms with Gasteiger partial charge in [-0.1, -0.05) is 135 Å². The van der Waals surface area contributed by atoms with E-state index in [2.05, 4.69) is 153 Å². The predicted molar refractivity (Wildman–Crippen MR) is 186 cm³/mol. The molecule has 45 heavy (non-hydrogen) atoms. The van der Waals surface area contributed by atoms with E-state index in [4.69, 9.17) is 9.15 Å². The molecule has 8 aromatic rings. The second kappa shape index (κ2) is 9.70. The Kier molecular flexibility index (Phi) is 5.58. The van der Waals surface area contributed by atoms with E-state index in [9.17, 15) is 0 Å². The van der Waals surface area contributed by atoms with E-state index < -0.39 is 0 Å². The van der Waals surface area contributed by atoms with Crippen LogP contribution in [0, 0.1) is 0 Å². The zero-order valence-corrected chi connectivity index (χ0v) is 25.2. The van der Waals surface area contributed by atoms with E-state index in [1.54, 1.807) is 0 Å². The lowest BCUT2D eigenvalue weighted by Crippen LogP contribution is -2.24. The van der Waals surface area contributed by atoms with E-state index in [1.165, 1.54) is 38.6 Å². The summed E-state index contributed by atoms with van der Waals surface area (Å²) in [6.07, 6.45) is 0. The maximum absolute atomic E-state index is 6.81. The number of benzene rings is 7. The fraction of sp³-hybridized carbons (Fsp3) is 0.0698. The number of rotatable bonds is 3. The van der Waals surface area contributed by atoms with Gasteiger partial charge < -0.3 is 9.15 Å². The van der Waals surface area contributed by atoms with Crippen molar-refractivity contribution in [1.29, 1.82) is 0 Å². The molecule has 0 aliphatic carbocycles. The third kappa shape index (κ3) is 4.03. The highest BCUT2D eigenvalue weighted by Gasteiger charge is 2.36. The molecule has 7 aromatic carbocycles. The Morgan fingerprint density at radius 2 is 1.13 bits per heavy atom. The molecule has 0 saturated heterocycles. The van der Waals surface area contributed by atoms with Gasteiger partial charge in [0.05, 0.1) is 0 Å². The van der Waals surface area contributed by atoms with E-state index >= 15 is 0 Å². The van der Waals surface area contributed by atoms with Crippen molar-refractivity contribution in [3.8, 4) is 44.9 Å². The second-order valence-corrected chi connectivity index (χ2v) is 12.5. The van der Waals surface area contributed by atoms with Crippen LogP contribution in [0.15, 0.2) is 150 Å². The van der Waals surface area contributed by atoms with Crippen LogP contribution in [0.4, 0.5) is 0 Å². The molecule has 0 radical (unpaired) electrons. The van der Waals surface area contributed by atoms with Crippen LogP contribution in [-0.4, -0.2) is 0 Å². The molecule has 2 heterocycles. The topological polar surface area (TPSA) is 22.4 Å². The molecule has 1 aliphatic heterocycles. The minimum Gasteiger partial charge on any atom is -0.453 e. The summed E-state index contributed by atoms with van der Waals surface area (Å²) in [7, 11) is 0. The largest absolute Gasteiger partial charge is 0.453 e. The van der Waals surface area contributed by atoms with Crippen LogP contribution in [0.2, 0.25) is 0 Å². The average Bonchev–Trinajstić information content (AvgIpc) is 3.47. The fourth-order valence-corrected chi connectivity index (χ4v) is 7.10. The van der Waals surface area contributed by atoms with Gasteiger partial charge in [-0.2, -0.15) is 0 Å². The minimum absolute atomic E-state index is 0.251. The van der Waals surface area contributed by atoms with E-state index in [1.807, 2.05) is 6.07 Å². The molecule has 0 saturated carbocycles. The molecule has 214 valence electrons. The number of hydrogen-bond acceptors (Lipinski definition) is 2. The monoisotopic (exact) mass is 578 g/mol. The maximum Gasteiger partial charge on any atom is 0.178 e. The average molecular weight is 579 g/mol. The van der Waals surface area contributed by atoms with E-state index in [-0.39, 0.29) is 5.41 Å². The minimum atomic E-state index is -0.251. The second-order valence-electron chi connectivity index (χ2n) is 12.5. The third-order valence-corrected chi connectivity index (χ3v) is 9.56. The standard InChI is InChI=1S/C43H30O2/c1-43(2)37-22-19-32(34-14-8-12-30-11-6-7-13-33(30)34)26-40(37)45-42-38(43)23-21-35-36-25-31(20-24-39(36)44-41(35)42)29-17-15-28(16-18-29)27-9-4-3-5-10-27/h3-26H,1-2H3. The summed E-state index contributed by atoms with van der Waals surface area (Å²) in [6.45, 7) is 4.55. The zero-order chi connectivity index (χ0) is 30.1. The van der Waals surface area contributed by atoms with Crippen LogP contribution in [-0.2, 0) is 5.41 Å². The highest BCUT2D eigenvalue weighted by molar-refractivity contribution is 6.09. The molecule has 0 amide bonds. The summed E-state index contributed by atoms with van der Waals surface area (Å²) in [5.74, 6) is 1.69. The Morgan fingerprint density at radius 1 is 0.467 bits per heavy atom. The molecule has 2 nitrogen and oxygen atoms in total. The van der Waals surface area contributed by atoms with E-state index in [0.29, 0.717) is 0 Å². The van der Waals surface area contributed by atoms with Crippen LogP contribution in [0.5, 0.6) is 11.5 Å². The van der Waals surface area contributed by atoms with Crippen molar-refractivity contribution in [1.82, 2.24) is 0 Å². The Labute approximate surface area is 262 Å². The Morgan fingerprint density at radius 3 is 1.98 bits per heavy atom. The highest BCUT2D eigenvalue weighted by atomic mass is 16.5. The summed E-state index contributed by atoms with van der Waals surface area (Å²) in [6, 6.07) is 51.8. The number of ether oxygens (including phenoxy) is 1. The maximum atomic E-state index is 6.81. The molecular formula is C43H30O2.